The Balaban J connectivity index is 1.72. The Bertz CT molecular complexity index is 423. The Labute approximate surface area is 102 Å². The molecule has 0 radical (unpaired) electrons. The maximum Gasteiger partial charge on any atom is 0.292 e. The van der Waals surface area contributed by atoms with Crippen LogP contribution in [0.15, 0.2) is 4.42 Å². The van der Waals surface area contributed by atoms with Crippen LogP contribution in [0.2, 0.25) is 0 Å². The van der Waals surface area contributed by atoms with Gasteiger partial charge in [-0.15, -0.1) is 0 Å². The molecule has 0 spiro atoms. The average Bonchev–Trinajstić information content (AvgIpc) is 2.56. The van der Waals surface area contributed by atoms with E-state index in [1.807, 2.05) is 6.92 Å². The van der Waals surface area contributed by atoms with E-state index in [9.17, 15) is 0 Å². The molecule has 3 nitrogen and oxygen atoms in total. The molecule has 4 aliphatic rings. The van der Waals surface area contributed by atoms with Crippen LogP contribution in [0.1, 0.15) is 49.5 Å². The highest BCUT2D eigenvalue weighted by Gasteiger charge is 2.49. The van der Waals surface area contributed by atoms with E-state index in [1.165, 1.54) is 37.8 Å². The van der Waals surface area contributed by atoms with Gasteiger partial charge >= 0.3 is 0 Å². The predicted molar refractivity (Wildman–Crippen MR) is 65.4 cm³/mol. The van der Waals surface area contributed by atoms with E-state index < -0.39 is 0 Å². The lowest BCUT2D eigenvalue weighted by molar-refractivity contribution is -0.00444. The largest absolute Gasteiger partial charge is 0.429 e. The first-order valence-corrected chi connectivity index (χ1v) is 6.93. The minimum Gasteiger partial charge on any atom is -0.429 e. The Morgan fingerprint density at radius 2 is 1.65 bits per heavy atom. The minimum absolute atomic E-state index is 0.353. The van der Waals surface area contributed by atoms with Crippen LogP contribution in [0.4, 0.5) is 6.01 Å². The second-order valence-corrected chi connectivity index (χ2v) is 6.45. The van der Waals surface area contributed by atoms with Crippen molar-refractivity contribution < 1.29 is 4.42 Å². The number of anilines is 1. The van der Waals surface area contributed by atoms with E-state index in [4.69, 9.17) is 10.2 Å². The molecule has 0 atom stereocenters. The molecule has 17 heavy (non-hydrogen) atoms. The van der Waals surface area contributed by atoms with Crippen molar-refractivity contribution in [2.24, 2.45) is 23.7 Å². The SMILES string of the molecule is Cc1oc(N)nc1C1C2CC3CC(C2)CC1C3. The van der Waals surface area contributed by atoms with Crippen LogP contribution in [0.5, 0.6) is 0 Å². The van der Waals surface area contributed by atoms with Crippen molar-refractivity contribution >= 4 is 6.01 Å². The first-order chi connectivity index (χ1) is 8.20. The van der Waals surface area contributed by atoms with E-state index in [0.29, 0.717) is 11.9 Å². The molecule has 0 saturated heterocycles. The van der Waals surface area contributed by atoms with Crippen LogP contribution in [0.3, 0.4) is 0 Å². The Kier molecular flexibility index (Phi) is 1.92. The lowest BCUT2D eigenvalue weighted by atomic mass is 9.51. The summed E-state index contributed by atoms with van der Waals surface area (Å²) in [7, 11) is 0. The van der Waals surface area contributed by atoms with Gasteiger partial charge in [0.2, 0.25) is 0 Å². The maximum atomic E-state index is 5.69. The number of nitrogens with zero attached hydrogens (tertiary/aromatic N) is 1. The smallest absolute Gasteiger partial charge is 0.292 e. The third-order valence-corrected chi connectivity index (χ3v) is 5.39. The molecule has 0 amide bonds. The van der Waals surface area contributed by atoms with E-state index in [-0.39, 0.29) is 0 Å². The van der Waals surface area contributed by atoms with Crippen LogP contribution < -0.4 is 5.73 Å². The summed E-state index contributed by atoms with van der Waals surface area (Å²) in [4.78, 5) is 4.47. The fraction of sp³-hybridized carbons (Fsp3) is 0.786. The molecule has 3 heteroatoms. The van der Waals surface area contributed by atoms with E-state index in [2.05, 4.69) is 4.98 Å². The van der Waals surface area contributed by atoms with Crippen molar-refractivity contribution in [3.05, 3.63) is 11.5 Å². The van der Waals surface area contributed by atoms with Crippen molar-refractivity contribution in [3.8, 4) is 0 Å². The Morgan fingerprint density at radius 3 is 2.12 bits per heavy atom. The van der Waals surface area contributed by atoms with E-state index in [0.717, 1.165) is 29.4 Å². The van der Waals surface area contributed by atoms with Gasteiger partial charge in [0.1, 0.15) is 5.76 Å². The zero-order valence-electron chi connectivity index (χ0n) is 10.4. The zero-order chi connectivity index (χ0) is 11.6. The second-order valence-electron chi connectivity index (χ2n) is 6.45. The van der Waals surface area contributed by atoms with Crippen LogP contribution in [-0.2, 0) is 0 Å². The number of nitrogens with two attached hydrogens (primary N) is 1. The van der Waals surface area contributed by atoms with Gasteiger partial charge in [-0.25, -0.2) is 0 Å². The molecule has 4 saturated carbocycles. The van der Waals surface area contributed by atoms with Crippen LogP contribution >= 0.6 is 0 Å². The summed E-state index contributed by atoms with van der Waals surface area (Å²) >= 11 is 0. The number of nitrogen functional groups attached to an aromatic ring is 1. The summed E-state index contributed by atoms with van der Waals surface area (Å²) in [5, 5.41) is 0. The molecule has 1 heterocycles. The Morgan fingerprint density at radius 1 is 1.06 bits per heavy atom. The van der Waals surface area contributed by atoms with Crippen molar-refractivity contribution in [1.82, 2.24) is 4.98 Å². The van der Waals surface area contributed by atoms with Crippen LogP contribution in [0.25, 0.3) is 0 Å². The van der Waals surface area contributed by atoms with E-state index >= 15 is 0 Å². The molecule has 4 bridgehead atoms. The first-order valence-electron chi connectivity index (χ1n) is 6.93. The molecule has 92 valence electrons. The van der Waals surface area contributed by atoms with Gasteiger partial charge in [-0.1, -0.05) is 0 Å². The van der Waals surface area contributed by atoms with Crippen molar-refractivity contribution in [2.45, 2.75) is 44.9 Å². The molecule has 1 aromatic rings. The molecule has 1 aromatic heterocycles. The summed E-state index contributed by atoms with van der Waals surface area (Å²) in [6.45, 7) is 2.02. The number of rotatable bonds is 1. The highest BCUT2D eigenvalue weighted by atomic mass is 16.4. The normalized spacial score (nSPS) is 43.2. The first kappa shape index (κ1) is 9.98. The summed E-state index contributed by atoms with van der Waals surface area (Å²) in [5.74, 6) is 5.34. The summed E-state index contributed by atoms with van der Waals surface area (Å²) in [5.41, 5.74) is 6.87. The summed E-state index contributed by atoms with van der Waals surface area (Å²) < 4.78 is 5.44. The number of aryl methyl sites for hydroxylation is 1. The van der Waals surface area contributed by atoms with Gasteiger partial charge in [-0.05, 0) is 62.7 Å². The lowest BCUT2D eigenvalue weighted by Gasteiger charge is -2.54. The molecule has 0 aliphatic heterocycles. The fourth-order valence-electron chi connectivity index (χ4n) is 5.11. The molecular weight excluding hydrogens is 212 g/mol. The van der Waals surface area contributed by atoms with Gasteiger partial charge in [0.05, 0.1) is 5.69 Å². The minimum atomic E-state index is 0.353. The third-order valence-electron chi connectivity index (χ3n) is 5.39. The third kappa shape index (κ3) is 1.37. The number of oxazole rings is 1. The average molecular weight is 232 g/mol. The molecule has 0 aromatic carbocycles. The quantitative estimate of drug-likeness (QED) is 0.809. The van der Waals surface area contributed by atoms with Crippen LogP contribution in [0, 0.1) is 30.6 Å². The molecule has 4 fully saturated rings. The van der Waals surface area contributed by atoms with E-state index in [1.54, 1.807) is 0 Å². The molecule has 5 rings (SSSR count). The molecule has 2 N–H and O–H groups in total. The van der Waals surface area contributed by atoms with Crippen molar-refractivity contribution in [1.29, 1.82) is 0 Å². The maximum absolute atomic E-state index is 5.69. The summed E-state index contributed by atoms with van der Waals surface area (Å²) in [6.07, 6.45) is 7.18. The zero-order valence-corrected chi connectivity index (χ0v) is 10.4. The predicted octanol–water partition coefficient (Wildman–Crippen LogP) is 3.10. The van der Waals surface area contributed by atoms with Gasteiger partial charge in [0, 0.05) is 5.92 Å². The molecule has 4 aliphatic carbocycles. The van der Waals surface area contributed by atoms with Crippen LogP contribution in [-0.4, -0.2) is 4.98 Å². The van der Waals surface area contributed by atoms with Gasteiger partial charge in [0.15, 0.2) is 0 Å². The van der Waals surface area contributed by atoms with Crippen molar-refractivity contribution in [2.75, 3.05) is 5.73 Å². The van der Waals surface area contributed by atoms with Gasteiger partial charge in [-0.3, -0.25) is 0 Å². The standard InChI is InChI=1S/C14H20N2O/c1-7-13(16-14(15)17-7)12-10-3-8-2-9(5-10)6-11(12)4-8/h8-12H,2-6H2,1H3,(H2,15,16). The number of hydrogen-bond acceptors (Lipinski definition) is 3. The fourth-order valence-corrected chi connectivity index (χ4v) is 5.11. The topological polar surface area (TPSA) is 52.0 Å². The number of aromatic nitrogens is 1. The molecular formula is C14H20N2O. The highest BCUT2D eigenvalue weighted by molar-refractivity contribution is 5.25. The van der Waals surface area contributed by atoms with Gasteiger partial charge < -0.3 is 10.2 Å². The number of hydrogen-bond donors (Lipinski definition) is 1. The van der Waals surface area contributed by atoms with Crippen molar-refractivity contribution in [3.63, 3.8) is 0 Å². The second kappa shape index (κ2) is 3.27. The monoisotopic (exact) mass is 232 g/mol. The highest BCUT2D eigenvalue weighted by Crippen LogP contribution is 2.59. The lowest BCUT2D eigenvalue weighted by Crippen LogP contribution is -2.44. The van der Waals surface area contributed by atoms with Gasteiger partial charge in [-0.2, -0.15) is 4.98 Å². The summed E-state index contributed by atoms with van der Waals surface area (Å²) in [6, 6.07) is 0.353. The Hall–Kier alpha value is -0.990. The van der Waals surface area contributed by atoms with Gasteiger partial charge in [0.25, 0.3) is 6.01 Å². The molecule has 0 unspecified atom stereocenters.